The standard InChI is InChI=1S/C15H27N3O2/c1-5-16-15-11-13(10-12(2)3)17-14(18-15)6-7-20-9-8-19-4/h11-12H,5-10H2,1-4H3,(H,16,17,18). The summed E-state index contributed by atoms with van der Waals surface area (Å²) in [6.45, 7) is 9.18. The lowest BCUT2D eigenvalue weighted by Gasteiger charge is -2.10. The third kappa shape index (κ3) is 6.82. The van der Waals surface area contributed by atoms with Crippen molar-refractivity contribution >= 4 is 5.82 Å². The third-order valence-corrected chi connectivity index (χ3v) is 2.70. The van der Waals surface area contributed by atoms with Crippen molar-refractivity contribution in [2.75, 3.05) is 38.8 Å². The molecule has 5 nitrogen and oxygen atoms in total. The van der Waals surface area contributed by atoms with E-state index in [0.29, 0.717) is 25.7 Å². The molecule has 1 aromatic heterocycles. The second-order valence-electron chi connectivity index (χ2n) is 5.14. The Hall–Kier alpha value is -1.20. The van der Waals surface area contributed by atoms with Crippen molar-refractivity contribution in [2.24, 2.45) is 5.92 Å². The van der Waals surface area contributed by atoms with E-state index in [4.69, 9.17) is 9.47 Å². The van der Waals surface area contributed by atoms with E-state index in [1.54, 1.807) is 7.11 Å². The van der Waals surface area contributed by atoms with Crippen molar-refractivity contribution in [1.29, 1.82) is 0 Å². The number of nitrogens with zero attached hydrogens (tertiary/aromatic N) is 2. The van der Waals surface area contributed by atoms with Gasteiger partial charge < -0.3 is 14.8 Å². The van der Waals surface area contributed by atoms with Gasteiger partial charge in [-0.2, -0.15) is 0 Å². The molecule has 0 atom stereocenters. The summed E-state index contributed by atoms with van der Waals surface area (Å²) in [5.74, 6) is 2.34. The first-order chi connectivity index (χ1) is 9.65. The Bertz CT molecular complexity index is 383. The molecule has 5 heteroatoms. The number of ether oxygens (including phenoxy) is 2. The number of aromatic nitrogens is 2. The van der Waals surface area contributed by atoms with Crippen molar-refractivity contribution < 1.29 is 9.47 Å². The molecule has 1 aromatic rings. The van der Waals surface area contributed by atoms with Crippen LogP contribution in [0.3, 0.4) is 0 Å². The summed E-state index contributed by atoms with van der Waals surface area (Å²) >= 11 is 0. The highest BCUT2D eigenvalue weighted by atomic mass is 16.5. The summed E-state index contributed by atoms with van der Waals surface area (Å²) in [6.07, 6.45) is 1.70. The van der Waals surface area contributed by atoms with Gasteiger partial charge in [-0.3, -0.25) is 0 Å². The van der Waals surface area contributed by atoms with Gasteiger partial charge in [0, 0.05) is 31.8 Å². The largest absolute Gasteiger partial charge is 0.382 e. The molecule has 1 N–H and O–H groups in total. The Balaban J connectivity index is 2.60. The van der Waals surface area contributed by atoms with Crippen LogP contribution >= 0.6 is 0 Å². The Morgan fingerprint density at radius 3 is 2.65 bits per heavy atom. The highest BCUT2D eigenvalue weighted by molar-refractivity contribution is 5.36. The molecule has 20 heavy (non-hydrogen) atoms. The maximum atomic E-state index is 5.47. The van der Waals surface area contributed by atoms with E-state index < -0.39 is 0 Å². The quantitative estimate of drug-likeness (QED) is 0.667. The number of methoxy groups -OCH3 is 1. The van der Waals surface area contributed by atoms with Crippen LogP contribution in [0.4, 0.5) is 5.82 Å². The number of anilines is 1. The first-order valence-electron chi connectivity index (χ1n) is 7.33. The molecule has 0 saturated heterocycles. The van der Waals surface area contributed by atoms with Gasteiger partial charge in [0.15, 0.2) is 0 Å². The molecule has 1 heterocycles. The second kappa shape index (κ2) is 9.66. The predicted octanol–water partition coefficient (Wildman–Crippen LogP) is 2.31. The molecule has 0 aromatic carbocycles. The lowest BCUT2D eigenvalue weighted by molar-refractivity contribution is 0.0716. The van der Waals surface area contributed by atoms with Gasteiger partial charge in [0.1, 0.15) is 11.6 Å². The van der Waals surface area contributed by atoms with Crippen molar-refractivity contribution in [3.8, 4) is 0 Å². The molecule has 0 saturated carbocycles. The molecule has 0 unspecified atom stereocenters. The van der Waals surface area contributed by atoms with Gasteiger partial charge in [0.2, 0.25) is 0 Å². The summed E-state index contributed by atoms with van der Waals surface area (Å²) in [6, 6.07) is 2.04. The highest BCUT2D eigenvalue weighted by Crippen LogP contribution is 2.11. The molecule has 0 aliphatic carbocycles. The molecule has 0 aliphatic rings. The van der Waals surface area contributed by atoms with Gasteiger partial charge in [-0.1, -0.05) is 13.8 Å². The molecule has 1 rings (SSSR count). The van der Waals surface area contributed by atoms with E-state index in [-0.39, 0.29) is 0 Å². The van der Waals surface area contributed by atoms with Crippen molar-refractivity contribution in [3.63, 3.8) is 0 Å². The van der Waals surface area contributed by atoms with Crippen molar-refractivity contribution in [2.45, 2.75) is 33.6 Å². The van der Waals surface area contributed by atoms with Crippen LogP contribution in [0.2, 0.25) is 0 Å². The summed E-state index contributed by atoms with van der Waals surface area (Å²) < 4.78 is 10.4. The van der Waals surface area contributed by atoms with Crippen molar-refractivity contribution in [1.82, 2.24) is 9.97 Å². The first kappa shape index (κ1) is 16.9. The predicted molar refractivity (Wildman–Crippen MR) is 81.1 cm³/mol. The fourth-order valence-electron chi connectivity index (χ4n) is 1.87. The van der Waals surface area contributed by atoms with Gasteiger partial charge >= 0.3 is 0 Å². The number of nitrogens with one attached hydrogen (secondary N) is 1. The summed E-state index contributed by atoms with van der Waals surface area (Å²) in [5.41, 5.74) is 1.10. The lowest BCUT2D eigenvalue weighted by atomic mass is 10.1. The second-order valence-corrected chi connectivity index (χ2v) is 5.14. The molecule has 0 bridgehead atoms. The van der Waals surface area contributed by atoms with E-state index in [1.165, 1.54) is 0 Å². The fourth-order valence-corrected chi connectivity index (χ4v) is 1.87. The van der Waals surface area contributed by atoms with Crippen LogP contribution in [0.15, 0.2) is 6.07 Å². The van der Waals surface area contributed by atoms with Crippen LogP contribution in [0, 0.1) is 5.92 Å². The van der Waals surface area contributed by atoms with Gasteiger partial charge in [-0.05, 0) is 19.3 Å². The minimum Gasteiger partial charge on any atom is -0.382 e. The van der Waals surface area contributed by atoms with E-state index in [9.17, 15) is 0 Å². The monoisotopic (exact) mass is 281 g/mol. The molecular weight excluding hydrogens is 254 g/mol. The van der Waals surface area contributed by atoms with Crippen LogP contribution < -0.4 is 5.32 Å². The van der Waals surface area contributed by atoms with Gasteiger partial charge in [-0.15, -0.1) is 0 Å². The Morgan fingerprint density at radius 1 is 1.20 bits per heavy atom. The minimum atomic E-state index is 0.588. The molecular formula is C15H27N3O2. The SMILES string of the molecule is CCNc1cc(CC(C)C)nc(CCOCCOC)n1. The topological polar surface area (TPSA) is 56.3 Å². The molecule has 114 valence electrons. The molecule has 0 radical (unpaired) electrons. The summed E-state index contributed by atoms with van der Waals surface area (Å²) in [4.78, 5) is 9.13. The molecule has 0 amide bonds. The normalized spacial score (nSPS) is 11.1. The van der Waals surface area contributed by atoms with Crippen LogP contribution in [0.5, 0.6) is 0 Å². The third-order valence-electron chi connectivity index (χ3n) is 2.70. The Morgan fingerprint density at radius 2 is 2.00 bits per heavy atom. The fraction of sp³-hybridized carbons (Fsp3) is 0.733. The number of hydrogen-bond acceptors (Lipinski definition) is 5. The lowest BCUT2D eigenvalue weighted by Crippen LogP contribution is -2.11. The Labute approximate surface area is 122 Å². The first-order valence-corrected chi connectivity index (χ1v) is 7.33. The summed E-state index contributed by atoms with van der Waals surface area (Å²) in [7, 11) is 1.67. The molecule has 0 spiro atoms. The zero-order valence-electron chi connectivity index (χ0n) is 13.1. The zero-order valence-corrected chi connectivity index (χ0v) is 13.1. The smallest absolute Gasteiger partial charge is 0.133 e. The van der Waals surface area contributed by atoms with Gasteiger partial charge in [0.05, 0.1) is 19.8 Å². The van der Waals surface area contributed by atoms with E-state index in [2.05, 4.69) is 36.1 Å². The van der Waals surface area contributed by atoms with Crippen molar-refractivity contribution in [3.05, 3.63) is 17.6 Å². The average molecular weight is 281 g/mol. The molecule has 0 fully saturated rings. The van der Waals surface area contributed by atoms with Crippen LogP contribution in [0.25, 0.3) is 0 Å². The maximum absolute atomic E-state index is 5.47. The zero-order chi connectivity index (χ0) is 14.8. The average Bonchev–Trinajstić information content (AvgIpc) is 2.38. The van der Waals surface area contributed by atoms with E-state index in [0.717, 1.165) is 36.7 Å². The maximum Gasteiger partial charge on any atom is 0.133 e. The van der Waals surface area contributed by atoms with Crippen LogP contribution in [0.1, 0.15) is 32.3 Å². The van der Waals surface area contributed by atoms with Gasteiger partial charge in [-0.25, -0.2) is 9.97 Å². The van der Waals surface area contributed by atoms with E-state index in [1.807, 2.05) is 6.07 Å². The van der Waals surface area contributed by atoms with E-state index >= 15 is 0 Å². The van der Waals surface area contributed by atoms with Crippen LogP contribution in [-0.2, 0) is 22.3 Å². The highest BCUT2D eigenvalue weighted by Gasteiger charge is 2.06. The molecule has 0 aliphatic heterocycles. The number of hydrogen-bond donors (Lipinski definition) is 1. The Kier molecular flexibility index (Phi) is 8.14. The van der Waals surface area contributed by atoms with Gasteiger partial charge in [0.25, 0.3) is 0 Å². The summed E-state index contributed by atoms with van der Waals surface area (Å²) in [5, 5.41) is 3.26. The number of rotatable bonds is 10. The minimum absolute atomic E-state index is 0.588. The van der Waals surface area contributed by atoms with Crippen LogP contribution in [-0.4, -0.2) is 43.4 Å².